The summed E-state index contributed by atoms with van der Waals surface area (Å²) in [6, 6.07) is 3.77. The summed E-state index contributed by atoms with van der Waals surface area (Å²) in [4.78, 5) is 46.7. The number of ketones is 1. The zero-order valence-corrected chi connectivity index (χ0v) is 32.1. The summed E-state index contributed by atoms with van der Waals surface area (Å²) in [5.41, 5.74) is 2.46. The van der Waals surface area contributed by atoms with E-state index in [1.54, 1.807) is 18.0 Å². The smallest absolute Gasteiger partial charge is 0.330 e. The molecule has 268 valence electrons. The SMILES string of the molecule is CC1(C)CC[C@]2(C(=O)N3CCC(=O)[S+]([O-])CC3)CC[C@]3(C)C(=CC[C@@H]4[C@@]5(C)CC[C@H](CC(=O)c6cccnc6)C(C)(C)[C@@H]5CC[C@]43C)[C@@H]2C1. The van der Waals surface area contributed by atoms with E-state index < -0.39 is 16.6 Å². The molecule has 5 aliphatic carbocycles. The van der Waals surface area contributed by atoms with Crippen LogP contribution < -0.4 is 0 Å². The zero-order chi connectivity index (χ0) is 35.2. The van der Waals surface area contributed by atoms with Crippen LogP contribution in [0.1, 0.15) is 136 Å². The van der Waals surface area contributed by atoms with Gasteiger partial charge in [0.1, 0.15) is 5.75 Å². The van der Waals surface area contributed by atoms with E-state index in [0.717, 1.165) is 50.5 Å². The first-order valence-electron chi connectivity index (χ1n) is 19.3. The van der Waals surface area contributed by atoms with Crippen LogP contribution in [0.25, 0.3) is 0 Å². The van der Waals surface area contributed by atoms with Gasteiger partial charge in [0.15, 0.2) is 5.78 Å². The van der Waals surface area contributed by atoms with Crippen LogP contribution in [0, 0.1) is 56.2 Å². The molecule has 6 aliphatic rings. The van der Waals surface area contributed by atoms with Gasteiger partial charge in [-0.1, -0.05) is 60.1 Å². The minimum Gasteiger partial charge on any atom is -0.609 e. The quantitative estimate of drug-likeness (QED) is 0.180. The molecule has 1 aliphatic heterocycles. The molecule has 4 saturated carbocycles. The Morgan fingerprint density at radius 1 is 0.959 bits per heavy atom. The number of nitrogens with zero attached hydrogens (tertiary/aromatic N) is 2. The topological polar surface area (TPSA) is 90.4 Å². The van der Waals surface area contributed by atoms with Crippen molar-refractivity contribution in [2.24, 2.45) is 56.2 Å². The molecule has 0 spiro atoms. The van der Waals surface area contributed by atoms with Crippen molar-refractivity contribution in [3.63, 3.8) is 0 Å². The summed E-state index contributed by atoms with van der Waals surface area (Å²) in [6.07, 6.45) is 17.5. The molecule has 6 nitrogen and oxygen atoms in total. The molecule has 5 fully saturated rings. The molecule has 0 N–H and O–H groups in total. The van der Waals surface area contributed by atoms with Gasteiger partial charge in [0, 0.05) is 42.1 Å². The van der Waals surface area contributed by atoms with Crippen molar-refractivity contribution < 1.29 is 18.9 Å². The third-order valence-corrected chi connectivity index (χ3v) is 17.7. The molecule has 7 rings (SSSR count). The van der Waals surface area contributed by atoms with Gasteiger partial charge in [-0.05, 0) is 127 Å². The van der Waals surface area contributed by atoms with Gasteiger partial charge in [-0.2, -0.15) is 0 Å². The van der Waals surface area contributed by atoms with E-state index in [-0.39, 0.29) is 62.0 Å². The first kappa shape index (κ1) is 35.4. The highest BCUT2D eigenvalue weighted by atomic mass is 32.2. The Morgan fingerprint density at radius 2 is 1.71 bits per heavy atom. The van der Waals surface area contributed by atoms with Gasteiger partial charge in [-0.15, -0.1) is 0 Å². The van der Waals surface area contributed by atoms with Crippen LogP contribution >= 0.6 is 0 Å². The van der Waals surface area contributed by atoms with Gasteiger partial charge >= 0.3 is 5.12 Å². The van der Waals surface area contributed by atoms with E-state index in [1.165, 1.54) is 19.3 Å². The Kier molecular flexibility index (Phi) is 8.70. The third kappa shape index (κ3) is 5.35. The fraction of sp³-hybridized carbons (Fsp3) is 0.762. The van der Waals surface area contributed by atoms with Gasteiger partial charge in [0.05, 0.1) is 18.4 Å². The molecular formula is C42H60N2O4S. The number of amides is 1. The molecule has 2 heterocycles. The van der Waals surface area contributed by atoms with Crippen LogP contribution in [0.15, 0.2) is 36.2 Å². The molecule has 0 radical (unpaired) electrons. The van der Waals surface area contributed by atoms with Crippen molar-refractivity contribution in [3.8, 4) is 0 Å². The average Bonchev–Trinajstić information content (AvgIpc) is 3.22. The lowest BCUT2D eigenvalue weighted by Crippen LogP contribution is -2.65. The summed E-state index contributed by atoms with van der Waals surface area (Å²) in [5, 5.41) is -0.208. The van der Waals surface area contributed by atoms with E-state index in [2.05, 4.69) is 59.5 Å². The molecule has 49 heavy (non-hydrogen) atoms. The largest absolute Gasteiger partial charge is 0.609 e. The number of pyridine rings is 1. The Balaban J connectivity index is 1.19. The first-order chi connectivity index (χ1) is 23.0. The van der Waals surface area contributed by atoms with Crippen molar-refractivity contribution >= 4 is 28.0 Å². The average molecular weight is 689 g/mol. The lowest BCUT2D eigenvalue weighted by Gasteiger charge is -2.71. The Hall–Kier alpha value is -1.99. The van der Waals surface area contributed by atoms with Crippen LogP contribution in [0.3, 0.4) is 0 Å². The second kappa shape index (κ2) is 12.0. The lowest BCUT2D eigenvalue weighted by molar-refractivity contribution is -0.194. The molecule has 1 aromatic rings. The number of hydrogen-bond donors (Lipinski definition) is 0. The Labute approximate surface area is 298 Å². The summed E-state index contributed by atoms with van der Waals surface area (Å²) >= 11 is -1.48. The highest BCUT2D eigenvalue weighted by Crippen LogP contribution is 2.76. The van der Waals surface area contributed by atoms with E-state index in [9.17, 15) is 18.9 Å². The highest BCUT2D eigenvalue weighted by molar-refractivity contribution is 8.06. The minimum absolute atomic E-state index is 0.0271. The van der Waals surface area contributed by atoms with Crippen LogP contribution in [-0.4, -0.2) is 50.1 Å². The number of carbonyl (C=O) groups excluding carboxylic acids is 3. The van der Waals surface area contributed by atoms with Crippen molar-refractivity contribution in [1.82, 2.24) is 9.88 Å². The van der Waals surface area contributed by atoms with E-state index in [0.29, 0.717) is 37.3 Å². The number of Topliss-reactive ketones (excluding diaryl/α,β-unsaturated/α-hetero) is 1. The second-order valence-electron chi connectivity index (χ2n) is 19.3. The molecule has 0 bridgehead atoms. The number of allylic oxidation sites excluding steroid dienone is 2. The van der Waals surface area contributed by atoms with Gasteiger partial charge in [-0.25, -0.2) is 4.79 Å². The van der Waals surface area contributed by atoms with Gasteiger partial charge in [0.25, 0.3) is 0 Å². The van der Waals surface area contributed by atoms with Crippen molar-refractivity contribution in [1.29, 1.82) is 0 Å². The first-order valence-corrected chi connectivity index (χ1v) is 20.6. The standard InChI is InChI=1S/C42H60N2O4S/c1-37(2)17-19-42(36(47)44-22-14-35(46)49(48)24-23-44)20-18-40(6)30(31(42)26-37)10-11-34-39(5)15-12-29(25-32(45)28-9-8-21-43-27-28)38(3,4)33(39)13-16-41(34,40)7/h8-10,21,27,29,31,33-34H,11-20,22-26H2,1-7H3/t29-,31+,33+,34-,39+,40-,41-,42+,49?/m1/s1. The lowest BCUT2D eigenvalue weighted by atomic mass is 9.33. The maximum Gasteiger partial charge on any atom is 0.330 e. The van der Waals surface area contributed by atoms with Crippen LogP contribution in [0.4, 0.5) is 0 Å². The predicted molar refractivity (Wildman–Crippen MR) is 195 cm³/mol. The summed E-state index contributed by atoms with van der Waals surface area (Å²) < 4.78 is 12.4. The van der Waals surface area contributed by atoms with Crippen LogP contribution in [0.5, 0.6) is 0 Å². The molecule has 1 unspecified atom stereocenters. The number of rotatable bonds is 4. The monoisotopic (exact) mass is 688 g/mol. The van der Waals surface area contributed by atoms with E-state index in [4.69, 9.17) is 0 Å². The summed E-state index contributed by atoms with van der Waals surface area (Å²) in [5.74, 6) is 2.42. The maximum absolute atomic E-state index is 14.8. The number of fused-ring (bicyclic) bond motifs is 7. The fourth-order valence-electron chi connectivity index (χ4n) is 13.2. The Bertz CT molecular complexity index is 1540. The normalized spacial score (nSPS) is 42.8. The number of carbonyl (C=O) groups is 3. The van der Waals surface area contributed by atoms with Gasteiger partial charge in [-0.3, -0.25) is 14.6 Å². The molecule has 1 amide bonds. The number of hydrogen-bond acceptors (Lipinski definition) is 5. The molecular weight excluding hydrogens is 629 g/mol. The zero-order valence-electron chi connectivity index (χ0n) is 31.2. The molecule has 1 saturated heterocycles. The highest BCUT2D eigenvalue weighted by Gasteiger charge is 2.69. The van der Waals surface area contributed by atoms with Crippen molar-refractivity contribution in [2.75, 3.05) is 18.8 Å². The van der Waals surface area contributed by atoms with Gasteiger partial charge in [0.2, 0.25) is 5.91 Å². The number of aromatic nitrogens is 1. The predicted octanol–water partition coefficient (Wildman–Crippen LogP) is 8.58. The fourth-order valence-corrected chi connectivity index (χ4v) is 14.1. The Morgan fingerprint density at radius 3 is 2.45 bits per heavy atom. The molecule has 9 atom stereocenters. The molecule has 7 heteroatoms. The second-order valence-corrected chi connectivity index (χ2v) is 20.8. The van der Waals surface area contributed by atoms with Crippen LogP contribution in [0.2, 0.25) is 0 Å². The summed E-state index contributed by atoms with van der Waals surface area (Å²) in [7, 11) is 0. The minimum atomic E-state index is -1.48. The maximum atomic E-state index is 14.8. The summed E-state index contributed by atoms with van der Waals surface area (Å²) in [6.45, 7) is 18.3. The van der Waals surface area contributed by atoms with E-state index in [1.807, 2.05) is 17.0 Å². The molecule has 0 aromatic carbocycles. The van der Waals surface area contributed by atoms with Crippen LogP contribution in [-0.2, 0) is 20.8 Å². The van der Waals surface area contributed by atoms with E-state index >= 15 is 0 Å². The van der Waals surface area contributed by atoms with Crippen molar-refractivity contribution in [2.45, 2.75) is 126 Å². The molecule has 1 aromatic heterocycles. The van der Waals surface area contributed by atoms with Gasteiger partial charge < -0.3 is 9.45 Å². The van der Waals surface area contributed by atoms with Crippen molar-refractivity contribution in [3.05, 3.63) is 41.7 Å². The third-order valence-electron chi connectivity index (χ3n) is 16.4.